The van der Waals surface area contributed by atoms with Crippen LogP contribution in [0.3, 0.4) is 0 Å². The van der Waals surface area contributed by atoms with Crippen LogP contribution in [0.2, 0.25) is 0 Å². The number of para-hydroxylation sites is 1. The lowest BCUT2D eigenvalue weighted by atomic mass is 10.1. The van der Waals surface area contributed by atoms with E-state index in [1.165, 1.54) is 27.9 Å². The third-order valence-corrected chi connectivity index (χ3v) is 4.84. The second-order valence-electron chi connectivity index (χ2n) is 6.89. The van der Waals surface area contributed by atoms with Crippen LogP contribution in [0, 0.1) is 0 Å². The lowest BCUT2D eigenvalue weighted by Gasteiger charge is -2.12. The summed E-state index contributed by atoms with van der Waals surface area (Å²) in [5.74, 6) is -0.451. The number of nitrogens with zero attached hydrogens (tertiary/aromatic N) is 1. The Morgan fingerprint density at radius 2 is 1.82 bits per heavy atom. The molecule has 5 nitrogen and oxygen atoms in total. The SMILES string of the molecule is CCCNC(=O)[C@@H](C)NC(=O)/C=C/c1ccc2c(c1)c1ccccc1n2CC. The molecule has 3 rings (SSSR count). The number of carbonyl (C=O) groups is 2. The maximum Gasteiger partial charge on any atom is 0.244 e. The molecule has 0 aliphatic heterocycles. The van der Waals surface area contributed by atoms with Gasteiger partial charge in [-0.25, -0.2) is 0 Å². The van der Waals surface area contributed by atoms with Crippen LogP contribution in [0.1, 0.15) is 32.8 Å². The number of fused-ring (bicyclic) bond motifs is 3. The molecule has 28 heavy (non-hydrogen) atoms. The van der Waals surface area contributed by atoms with Crippen molar-refractivity contribution in [3.05, 3.63) is 54.1 Å². The van der Waals surface area contributed by atoms with Crippen LogP contribution in [-0.2, 0) is 16.1 Å². The molecule has 0 bridgehead atoms. The second kappa shape index (κ2) is 8.74. The standard InChI is InChI=1S/C23H27N3O2/c1-4-14-24-23(28)16(3)25-22(27)13-11-17-10-12-21-19(15-17)18-8-6-7-9-20(18)26(21)5-2/h6-13,15-16H,4-5,14H2,1-3H3,(H,24,28)(H,25,27)/b13-11+/t16-/m1/s1. The molecule has 2 aromatic carbocycles. The number of hydrogen-bond acceptors (Lipinski definition) is 2. The van der Waals surface area contributed by atoms with Gasteiger partial charge in [-0.05, 0) is 50.1 Å². The van der Waals surface area contributed by atoms with E-state index < -0.39 is 6.04 Å². The van der Waals surface area contributed by atoms with Crippen LogP contribution in [0.5, 0.6) is 0 Å². The van der Waals surface area contributed by atoms with Gasteiger partial charge >= 0.3 is 0 Å². The number of carbonyl (C=O) groups excluding carboxylic acids is 2. The number of aromatic nitrogens is 1. The molecule has 1 atom stereocenters. The van der Waals surface area contributed by atoms with Gasteiger partial charge in [-0.3, -0.25) is 9.59 Å². The van der Waals surface area contributed by atoms with Crippen LogP contribution in [0.25, 0.3) is 27.9 Å². The highest BCUT2D eigenvalue weighted by molar-refractivity contribution is 6.08. The molecule has 1 aromatic heterocycles. The fourth-order valence-electron chi connectivity index (χ4n) is 3.42. The topological polar surface area (TPSA) is 63.1 Å². The Morgan fingerprint density at radius 3 is 2.57 bits per heavy atom. The molecule has 0 radical (unpaired) electrons. The third-order valence-electron chi connectivity index (χ3n) is 4.84. The van der Waals surface area contributed by atoms with Crippen LogP contribution >= 0.6 is 0 Å². The van der Waals surface area contributed by atoms with Crippen LogP contribution in [0.4, 0.5) is 0 Å². The minimum atomic E-state index is -0.561. The lowest BCUT2D eigenvalue weighted by molar-refractivity contribution is -0.126. The summed E-state index contributed by atoms with van der Waals surface area (Å²) in [7, 11) is 0. The summed E-state index contributed by atoms with van der Waals surface area (Å²) >= 11 is 0. The summed E-state index contributed by atoms with van der Waals surface area (Å²) in [5, 5.41) is 7.86. The Balaban J connectivity index is 1.78. The minimum absolute atomic E-state index is 0.169. The fraction of sp³-hybridized carbons (Fsp3) is 0.304. The zero-order valence-electron chi connectivity index (χ0n) is 16.7. The summed E-state index contributed by atoms with van der Waals surface area (Å²) in [5.41, 5.74) is 3.35. The number of aryl methyl sites for hydroxylation is 1. The van der Waals surface area contributed by atoms with Gasteiger partial charge in [0.1, 0.15) is 6.04 Å². The maximum absolute atomic E-state index is 12.1. The molecule has 0 saturated carbocycles. The summed E-state index contributed by atoms with van der Waals surface area (Å²) in [4.78, 5) is 24.0. The Labute approximate surface area is 165 Å². The van der Waals surface area contributed by atoms with E-state index in [4.69, 9.17) is 0 Å². The van der Waals surface area contributed by atoms with Gasteiger partial charge in [0.15, 0.2) is 0 Å². The van der Waals surface area contributed by atoms with Gasteiger partial charge < -0.3 is 15.2 Å². The van der Waals surface area contributed by atoms with Gasteiger partial charge in [0.2, 0.25) is 11.8 Å². The molecular formula is C23H27N3O2. The quantitative estimate of drug-likeness (QED) is 0.614. The van der Waals surface area contributed by atoms with Crippen molar-refractivity contribution in [2.45, 2.75) is 39.8 Å². The molecule has 0 aliphatic rings. The number of amides is 2. The van der Waals surface area contributed by atoms with Gasteiger partial charge in [-0.1, -0.05) is 31.2 Å². The molecule has 0 saturated heterocycles. The second-order valence-corrected chi connectivity index (χ2v) is 6.89. The monoisotopic (exact) mass is 377 g/mol. The molecule has 5 heteroatoms. The van der Waals surface area contributed by atoms with E-state index in [1.807, 2.05) is 19.1 Å². The molecule has 0 spiro atoms. The van der Waals surface area contributed by atoms with Crippen molar-refractivity contribution < 1.29 is 9.59 Å². The highest BCUT2D eigenvalue weighted by Crippen LogP contribution is 2.29. The Hall–Kier alpha value is -3.08. The minimum Gasteiger partial charge on any atom is -0.354 e. The van der Waals surface area contributed by atoms with E-state index in [9.17, 15) is 9.59 Å². The van der Waals surface area contributed by atoms with Gasteiger partial charge in [0, 0.05) is 41.0 Å². The predicted octanol–water partition coefficient (Wildman–Crippen LogP) is 3.86. The van der Waals surface area contributed by atoms with Crippen LogP contribution in [-0.4, -0.2) is 29.0 Å². The molecule has 0 fully saturated rings. The Kier molecular flexibility index (Phi) is 6.14. The van der Waals surface area contributed by atoms with Crippen LogP contribution < -0.4 is 10.6 Å². The van der Waals surface area contributed by atoms with Gasteiger partial charge in [-0.15, -0.1) is 0 Å². The normalized spacial score (nSPS) is 12.5. The van der Waals surface area contributed by atoms with Gasteiger partial charge in [0.05, 0.1) is 0 Å². The average Bonchev–Trinajstić information content (AvgIpc) is 3.03. The fourth-order valence-corrected chi connectivity index (χ4v) is 3.42. The van der Waals surface area contributed by atoms with E-state index in [0.29, 0.717) is 6.54 Å². The zero-order chi connectivity index (χ0) is 20.1. The number of hydrogen-bond donors (Lipinski definition) is 2. The molecule has 2 amide bonds. The van der Waals surface area contributed by atoms with Crippen molar-refractivity contribution in [3.8, 4) is 0 Å². The highest BCUT2D eigenvalue weighted by Gasteiger charge is 2.13. The molecule has 2 N–H and O–H groups in total. The Bertz CT molecular complexity index is 1030. The molecular weight excluding hydrogens is 350 g/mol. The van der Waals surface area contributed by atoms with E-state index >= 15 is 0 Å². The van der Waals surface area contributed by atoms with Crippen molar-refractivity contribution in [3.63, 3.8) is 0 Å². The van der Waals surface area contributed by atoms with Crippen molar-refractivity contribution in [2.24, 2.45) is 0 Å². The maximum atomic E-state index is 12.1. The van der Waals surface area contributed by atoms with E-state index in [1.54, 1.807) is 13.0 Å². The summed E-state index contributed by atoms with van der Waals surface area (Å²) < 4.78 is 2.29. The Morgan fingerprint density at radius 1 is 1.07 bits per heavy atom. The van der Waals surface area contributed by atoms with E-state index in [-0.39, 0.29) is 11.8 Å². The summed E-state index contributed by atoms with van der Waals surface area (Å²) in [6.45, 7) is 7.32. The smallest absolute Gasteiger partial charge is 0.244 e. The zero-order valence-corrected chi connectivity index (χ0v) is 16.7. The van der Waals surface area contributed by atoms with E-state index in [0.717, 1.165) is 18.5 Å². The molecule has 146 valence electrons. The largest absolute Gasteiger partial charge is 0.354 e. The average molecular weight is 377 g/mol. The lowest BCUT2D eigenvalue weighted by Crippen LogP contribution is -2.44. The molecule has 1 heterocycles. The molecule has 0 aliphatic carbocycles. The first-order valence-electron chi connectivity index (χ1n) is 9.82. The van der Waals surface area contributed by atoms with Crippen LogP contribution in [0.15, 0.2) is 48.5 Å². The van der Waals surface area contributed by atoms with Gasteiger partial charge in [0.25, 0.3) is 0 Å². The summed E-state index contributed by atoms with van der Waals surface area (Å²) in [6, 6.07) is 14.0. The van der Waals surface area contributed by atoms with Gasteiger partial charge in [-0.2, -0.15) is 0 Å². The number of benzene rings is 2. The molecule has 3 aromatic rings. The third kappa shape index (κ3) is 4.09. The number of nitrogens with one attached hydrogen (secondary N) is 2. The highest BCUT2D eigenvalue weighted by atomic mass is 16.2. The van der Waals surface area contributed by atoms with Crippen molar-refractivity contribution in [1.29, 1.82) is 0 Å². The first kappa shape index (κ1) is 19.7. The van der Waals surface area contributed by atoms with Crippen molar-refractivity contribution >= 4 is 39.7 Å². The van der Waals surface area contributed by atoms with Crippen molar-refractivity contribution in [2.75, 3.05) is 6.54 Å². The number of rotatable bonds is 7. The first-order valence-corrected chi connectivity index (χ1v) is 9.82. The first-order chi connectivity index (χ1) is 13.5. The predicted molar refractivity (Wildman–Crippen MR) is 115 cm³/mol. The summed E-state index contributed by atoms with van der Waals surface area (Å²) in [6.07, 6.45) is 4.12. The molecule has 0 unspecified atom stereocenters. The van der Waals surface area contributed by atoms with Crippen molar-refractivity contribution in [1.82, 2.24) is 15.2 Å². The van der Waals surface area contributed by atoms with E-state index in [2.05, 4.69) is 52.5 Å².